The number of aryl methyl sites for hydroxylation is 1. The van der Waals surface area contributed by atoms with Gasteiger partial charge in [0.15, 0.2) is 11.0 Å². The van der Waals surface area contributed by atoms with Crippen LogP contribution in [0, 0.1) is 0 Å². The van der Waals surface area contributed by atoms with Crippen molar-refractivity contribution in [1.82, 2.24) is 14.8 Å². The number of hydrogen-bond acceptors (Lipinski definition) is 7. The van der Waals surface area contributed by atoms with E-state index in [1.807, 2.05) is 35.8 Å². The number of carbonyl (C=O) groups is 2. The van der Waals surface area contributed by atoms with Gasteiger partial charge in [0.25, 0.3) is 0 Å². The van der Waals surface area contributed by atoms with Crippen LogP contribution in [0.5, 0.6) is 0 Å². The van der Waals surface area contributed by atoms with E-state index in [4.69, 9.17) is 16.3 Å². The van der Waals surface area contributed by atoms with Gasteiger partial charge in [-0.25, -0.2) is 4.79 Å². The molecule has 1 aliphatic carbocycles. The van der Waals surface area contributed by atoms with Gasteiger partial charge in [-0.1, -0.05) is 41.9 Å². The summed E-state index contributed by atoms with van der Waals surface area (Å²) in [5.74, 6) is 0.255. The summed E-state index contributed by atoms with van der Waals surface area (Å²) in [7, 11) is 0. The Balaban J connectivity index is 1.50. The lowest BCUT2D eigenvalue weighted by molar-refractivity contribution is -0.113. The van der Waals surface area contributed by atoms with Gasteiger partial charge in [-0.2, -0.15) is 0 Å². The average Bonchev–Trinajstić information content (AvgIpc) is 3.30. The van der Waals surface area contributed by atoms with Crippen LogP contribution in [-0.2, 0) is 28.9 Å². The minimum atomic E-state index is -0.361. The van der Waals surface area contributed by atoms with Crippen molar-refractivity contribution in [2.45, 2.75) is 57.7 Å². The quantitative estimate of drug-likeness (QED) is 0.228. The number of ether oxygens (including phenoxy) is 1. The molecule has 7 nitrogen and oxygen atoms in total. The zero-order valence-electron chi connectivity index (χ0n) is 19.2. The number of aromatic nitrogens is 3. The largest absolute Gasteiger partial charge is 0.462 e. The highest BCUT2D eigenvalue weighted by Crippen LogP contribution is 2.38. The molecule has 0 radical (unpaired) electrons. The van der Waals surface area contributed by atoms with Gasteiger partial charge in [-0.05, 0) is 57.2 Å². The smallest absolute Gasteiger partial charge is 0.341 e. The summed E-state index contributed by atoms with van der Waals surface area (Å²) in [6.07, 6.45) is 5.06. The molecular weight excluding hydrogens is 492 g/mol. The van der Waals surface area contributed by atoms with Crippen LogP contribution in [-0.4, -0.2) is 39.0 Å². The number of nitrogens with zero attached hydrogens (tertiary/aromatic N) is 3. The maximum absolute atomic E-state index is 12.9. The molecule has 180 valence electrons. The van der Waals surface area contributed by atoms with E-state index in [1.54, 1.807) is 6.92 Å². The Labute approximate surface area is 212 Å². The van der Waals surface area contributed by atoms with Crippen LogP contribution in [0.2, 0.25) is 5.02 Å². The molecule has 0 aliphatic heterocycles. The molecule has 0 spiro atoms. The van der Waals surface area contributed by atoms with Gasteiger partial charge in [-0.15, -0.1) is 21.5 Å². The van der Waals surface area contributed by atoms with Crippen molar-refractivity contribution in [1.29, 1.82) is 0 Å². The van der Waals surface area contributed by atoms with Crippen molar-refractivity contribution in [2.75, 3.05) is 17.7 Å². The Hall–Kier alpha value is -2.36. The monoisotopic (exact) mass is 518 g/mol. The number of hydrogen-bond donors (Lipinski definition) is 1. The molecule has 10 heteroatoms. The van der Waals surface area contributed by atoms with Crippen LogP contribution in [0.4, 0.5) is 5.00 Å². The summed E-state index contributed by atoms with van der Waals surface area (Å²) in [5, 5.41) is 13.4. The lowest BCUT2D eigenvalue weighted by Crippen LogP contribution is -2.17. The number of fused-ring (bicyclic) bond motifs is 1. The summed E-state index contributed by atoms with van der Waals surface area (Å²) in [6, 6.07) is 7.49. The number of carbonyl (C=O) groups excluding carboxylic acids is 2. The first-order valence-electron chi connectivity index (χ1n) is 11.5. The van der Waals surface area contributed by atoms with Gasteiger partial charge < -0.3 is 14.6 Å². The molecule has 1 N–H and O–H groups in total. The Kier molecular flexibility index (Phi) is 8.28. The lowest BCUT2D eigenvalue weighted by atomic mass is 10.1. The fourth-order valence-electron chi connectivity index (χ4n) is 4.07. The van der Waals surface area contributed by atoms with E-state index in [-0.39, 0.29) is 17.6 Å². The lowest BCUT2D eigenvalue weighted by Gasteiger charge is -2.09. The second-order valence-electron chi connectivity index (χ2n) is 7.86. The predicted molar refractivity (Wildman–Crippen MR) is 137 cm³/mol. The number of thiophene rings is 1. The van der Waals surface area contributed by atoms with Crippen LogP contribution in [0.25, 0.3) is 11.4 Å². The first-order valence-corrected chi connectivity index (χ1v) is 13.6. The molecule has 1 aliphatic rings. The number of anilines is 1. The number of thioether (sulfide) groups is 1. The van der Waals surface area contributed by atoms with E-state index in [0.717, 1.165) is 43.2 Å². The Morgan fingerprint density at radius 3 is 2.74 bits per heavy atom. The topological polar surface area (TPSA) is 86.1 Å². The first-order chi connectivity index (χ1) is 16.5. The summed E-state index contributed by atoms with van der Waals surface area (Å²) < 4.78 is 7.25. The number of nitrogens with one attached hydrogen (secondary N) is 1. The third-order valence-electron chi connectivity index (χ3n) is 5.63. The van der Waals surface area contributed by atoms with Crippen LogP contribution in [0.1, 0.15) is 53.9 Å². The second-order valence-corrected chi connectivity index (χ2v) is 10.3. The van der Waals surface area contributed by atoms with Crippen molar-refractivity contribution >= 4 is 51.6 Å². The zero-order chi connectivity index (χ0) is 24.1. The van der Waals surface area contributed by atoms with Crippen LogP contribution in [0.15, 0.2) is 29.4 Å². The molecule has 34 heavy (non-hydrogen) atoms. The molecule has 0 saturated heterocycles. The fourth-order valence-corrected chi connectivity index (χ4v) is 6.38. The summed E-state index contributed by atoms with van der Waals surface area (Å²) in [5.41, 5.74) is 2.37. The van der Waals surface area contributed by atoms with E-state index in [0.29, 0.717) is 39.7 Å². The summed E-state index contributed by atoms with van der Waals surface area (Å²) in [4.78, 5) is 26.8. The van der Waals surface area contributed by atoms with Crippen LogP contribution >= 0.6 is 34.7 Å². The molecular formula is C24H27ClN4O3S2. The third-order valence-corrected chi connectivity index (χ3v) is 8.14. The van der Waals surface area contributed by atoms with Gasteiger partial charge in [0.05, 0.1) is 22.9 Å². The molecule has 2 aromatic heterocycles. The van der Waals surface area contributed by atoms with E-state index in [1.165, 1.54) is 28.0 Å². The number of benzene rings is 1. The average molecular weight is 519 g/mol. The van der Waals surface area contributed by atoms with Crippen molar-refractivity contribution in [3.05, 3.63) is 45.3 Å². The molecule has 4 rings (SSSR count). The summed E-state index contributed by atoms with van der Waals surface area (Å²) >= 11 is 9.15. The molecule has 0 unspecified atom stereocenters. The number of esters is 1. The normalized spacial score (nSPS) is 13.3. The van der Waals surface area contributed by atoms with E-state index < -0.39 is 0 Å². The highest BCUT2D eigenvalue weighted by atomic mass is 35.5. The van der Waals surface area contributed by atoms with Gasteiger partial charge >= 0.3 is 5.97 Å². The molecule has 3 aromatic rings. The van der Waals surface area contributed by atoms with Gasteiger partial charge in [-0.3, -0.25) is 4.79 Å². The van der Waals surface area contributed by atoms with E-state index in [2.05, 4.69) is 15.5 Å². The maximum Gasteiger partial charge on any atom is 0.341 e. The van der Waals surface area contributed by atoms with E-state index >= 15 is 0 Å². The molecule has 0 atom stereocenters. The molecule has 1 aromatic carbocycles. The Morgan fingerprint density at radius 2 is 1.97 bits per heavy atom. The number of amides is 1. The highest BCUT2D eigenvalue weighted by Gasteiger charge is 2.27. The second kappa shape index (κ2) is 11.4. The fraction of sp³-hybridized carbons (Fsp3) is 0.417. The van der Waals surface area contributed by atoms with Crippen LogP contribution in [0.3, 0.4) is 0 Å². The Bertz CT molecular complexity index is 1190. The minimum Gasteiger partial charge on any atom is -0.462 e. The molecule has 2 heterocycles. The molecule has 0 fully saturated rings. The molecule has 1 amide bonds. The van der Waals surface area contributed by atoms with Gasteiger partial charge in [0.2, 0.25) is 5.91 Å². The predicted octanol–water partition coefficient (Wildman–Crippen LogP) is 5.86. The van der Waals surface area contributed by atoms with Crippen molar-refractivity contribution in [3.63, 3.8) is 0 Å². The molecule has 0 saturated carbocycles. The van der Waals surface area contributed by atoms with Crippen LogP contribution < -0.4 is 5.32 Å². The standard InChI is InChI=1S/C24H27ClN4O3S2/c1-3-29-21(15-10-8-9-12-17(15)25)27-28-24(29)33-14-19(30)26-22-20(23(31)32-4-2)16-11-6-5-7-13-18(16)34-22/h8-10,12H,3-7,11,13-14H2,1-2H3,(H,26,30). The van der Waals surface area contributed by atoms with Crippen molar-refractivity contribution in [2.24, 2.45) is 0 Å². The minimum absolute atomic E-state index is 0.144. The van der Waals surface area contributed by atoms with E-state index in [9.17, 15) is 9.59 Å². The first kappa shape index (κ1) is 24.8. The zero-order valence-corrected chi connectivity index (χ0v) is 21.6. The highest BCUT2D eigenvalue weighted by molar-refractivity contribution is 7.99. The van der Waals surface area contributed by atoms with Crippen molar-refractivity contribution in [3.8, 4) is 11.4 Å². The van der Waals surface area contributed by atoms with Gasteiger partial charge in [0, 0.05) is 17.0 Å². The van der Waals surface area contributed by atoms with Gasteiger partial charge in [0.1, 0.15) is 5.00 Å². The number of rotatable bonds is 8. The Morgan fingerprint density at radius 1 is 1.18 bits per heavy atom. The summed E-state index contributed by atoms with van der Waals surface area (Å²) in [6.45, 7) is 4.73. The number of halogens is 1. The van der Waals surface area contributed by atoms with Crippen molar-refractivity contribution < 1.29 is 14.3 Å². The third kappa shape index (κ3) is 5.31. The maximum atomic E-state index is 12.9. The SMILES string of the molecule is CCOC(=O)c1c(NC(=O)CSc2nnc(-c3ccccc3Cl)n2CC)sc2c1CCCCC2. The molecule has 0 bridgehead atoms.